The number of hydrazone groups is 2. The maximum absolute atomic E-state index is 11.6. The van der Waals surface area contributed by atoms with Crippen LogP contribution in [0.4, 0.5) is 0 Å². The van der Waals surface area contributed by atoms with E-state index in [1.807, 2.05) is 48.5 Å². The van der Waals surface area contributed by atoms with Gasteiger partial charge in [-0.2, -0.15) is 10.2 Å². The SMILES string of the molecule is O=C(COCC(=O)N/N=C/c1ccc(Br)cc1)N/N=C\c1ccc(Br)cc1. The van der Waals surface area contributed by atoms with Crippen molar-refractivity contribution in [3.05, 3.63) is 68.6 Å². The third kappa shape index (κ3) is 8.72. The van der Waals surface area contributed by atoms with Crippen molar-refractivity contribution >= 4 is 56.1 Å². The molecule has 0 aliphatic rings. The molecule has 0 saturated carbocycles. The molecule has 9 heteroatoms. The van der Waals surface area contributed by atoms with E-state index < -0.39 is 11.8 Å². The van der Waals surface area contributed by atoms with Crippen molar-refractivity contribution in [2.45, 2.75) is 0 Å². The number of hydrogen-bond donors (Lipinski definition) is 2. The van der Waals surface area contributed by atoms with E-state index in [1.165, 1.54) is 12.4 Å². The highest BCUT2D eigenvalue weighted by Gasteiger charge is 2.03. The molecule has 2 amide bonds. The average molecular weight is 496 g/mol. The summed E-state index contributed by atoms with van der Waals surface area (Å²) < 4.78 is 6.92. The largest absolute Gasteiger partial charge is 0.362 e. The first kappa shape index (κ1) is 20.9. The second-order valence-electron chi connectivity index (χ2n) is 5.18. The van der Waals surface area contributed by atoms with Gasteiger partial charge in [0.2, 0.25) is 0 Å². The summed E-state index contributed by atoms with van der Waals surface area (Å²) in [6.45, 7) is -0.580. The Balaban J connectivity index is 1.61. The highest BCUT2D eigenvalue weighted by molar-refractivity contribution is 9.10. The van der Waals surface area contributed by atoms with Gasteiger partial charge in [-0.05, 0) is 35.4 Å². The third-order valence-corrected chi connectivity index (χ3v) is 4.07. The van der Waals surface area contributed by atoms with Crippen LogP contribution < -0.4 is 10.9 Å². The van der Waals surface area contributed by atoms with Crippen LogP contribution in [-0.2, 0) is 14.3 Å². The summed E-state index contributed by atoms with van der Waals surface area (Å²) in [6.07, 6.45) is 3.02. The Morgan fingerprint density at radius 2 is 1.15 bits per heavy atom. The zero-order chi connectivity index (χ0) is 19.5. The van der Waals surface area contributed by atoms with Gasteiger partial charge in [0.1, 0.15) is 13.2 Å². The average Bonchev–Trinajstić information content (AvgIpc) is 2.65. The van der Waals surface area contributed by atoms with E-state index >= 15 is 0 Å². The van der Waals surface area contributed by atoms with E-state index in [2.05, 4.69) is 52.9 Å². The molecule has 0 atom stereocenters. The lowest BCUT2D eigenvalue weighted by atomic mass is 10.2. The minimum absolute atomic E-state index is 0.290. The highest BCUT2D eigenvalue weighted by Crippen LogP contribution is 2.09. The lowest BCUT2D eigenvalue weighted by Gasteiger charge is -2.02. The molecule has 0 spiro atoms. The number of nitrogens with one attached hydrogen (secondary N) is 2. The third-order valence-electron chi connectivity index (χ3n) is 3.01. The summed E-state index contributed by atoms with van der Waals surface area (Å²) in [5, 5.41) is 7.62. The number of benzene rings is 2. The van der Waals surface area contributed by atoms with Crippen LogP contribution in [0.2, 0.25) is 0 Å². The predicted molar refractivity (Wildman–Crippen MR) is 111 cm³/mol. The molecule has 0 aliphatic heterocycles. The van der Waals surface area contributed by atoms with Crippen LogP contribution in [0.25, 0.3) is 0 Å². The minimum Gasteiger partial charge on any atom is -0.362 e. The molecule has 2 aromatic carbocycles. The van der Waals surface area contributed by atoms with Crippen molar-refractivity contribution in [1.82, 2.24) is 10.9 Å². The lowest BCUT2D eigenvalue weighted by Crippen LogP contribution is -2.28. The van der Waals surface area contributed by atoms with Crippen molar-refractivity contribution in [1.29, 1.82) is 0 Å². The smallest absolute Gasteiger partial charge is 0.266 e. The Hall–Kier alpha value is -2.36. The van der Waals surface area contributed by atoms with Crippen molar-refractivity contribution in [3.8, 4) is 0 Å². The second kappa shape index (κ2) is 11.4. The number of rotatable bonds is 8. The van der Waals surface area contributed by atoms with Crippen molar-refractivity contribution in [2.75, 3.05) is 13.2 Å². The second-order valence-corrected chi connectivity index (χ2v) is 7.01. The standard InChI is InChI=1S/C18H16Br2N4O3/c19-15-5-1-13(2-6-15)9-21-23-17(25)11-27-12-18(26)24-22-10-14-3-7-16(20)8-4-14/h1-10H,11-12H2,(H,23,25)(H,24,26)/b21-9-,22-10+. The maximum atomic E-state index is 11.6. The molecule has 140 valence electrons. The fraction of sp³-hybridized carbons (Fsp3) is 0.111. The summed E-state index contributed by atoms with van der Waals surface area (Å²) in [4.78, 5) is 23.1. The van der Waals surface area contributed by atoms with Crippen LogP contribution in [0.5, 0.6) is 0 Å². The summed E-state index contributed by atoms with van der Waals surface area (Å²) in [7, 11) is 0. The lowest BCUT2D eigenvalue weighted by molar-refractivity contribution is -0.130. The Bertz CT molecular complexity index is 752. The van der Waals surface area contributed by atoms with Gasteiger partial charge in [0.15, 0.2) is 0 Å². The molecule has 0 saturated heterocycles. The minimum atomic E-state index is -0.463. The molecule has 7 nitrogen and oxygen atoms in total. The van der Waals surface area contributed by atoms with Crippen LogP contribution in [0.15, 0.2) is 67.7 Å². The molecular weight excluding hydrogens is 480 g/mol. The van der Waals surface area contributed by atoms with Crippen LogP contribution in [-0.4, -0.2) is 37.5 Å². The molecule has 2 rings (SSSR count). The zero-order valence-electron chi connectivity index (χ0n) is 14.1. The number of hydrogen-bond acceptors (Lipinski definition) is 5. The number of ether oxygens (including phenoxy) is 1. The molecule has 0 aromatic heterocycles. The van der Waals surface area contributed by atoms with E-state index in [9.17, 15) is 9.59 Å². The summed E-state index contributed by atoms with van der Waals surface area (Å²) in [5.74, 6) is -0.927. The fourth-order valence-corrected chi connectivity index (χ4v) is 2.28. The molecule has 0 fully saturated rings. The van der Waals surface area contributed by atoms with E-state index in [4.69, 9.17) is 4.74 Å². The van der Waals surface area contributed by atoms with Crippen molar-refractivity contribution in [2.24, 2.45) is 10.2 Å². The number of carbonyl (C=O) groups is 2. The van der Waals surface area contributed by atoms with Gasteiger partial charge in [-0.1, -0.05) is 56.1 Å². The number of nitrogens with zero attached hydrogens (tertiary/aromatic N) is 2. The Labute approximate surface area is 173 Å². The van der Waals surface area contributed by atoms with Gasteiger partial charge >= 0.3 is 0 Å². The van der Waals surface area contributed by atoms with Crippen LogP contribution in [0.1, 0.15) is 11.1 Å². The van der Waals surface area contributed by atoms with Crippen LogP contribution in [0, 0.1) is 0 Å². The quantitative estimate of drug-likeness (QED) is 0.435. The van der Waals surface area contributed by atoms with E-state index in [0.717, 1.165) is 20.1 Å². The van der Waals surface area contributed by atoms with Gasteiger partial charge in [0.25, 0.3) is 11.8 Å². The first-order valence-electron chi connectivity index (χ1n) is 7.75. The zero-order valence-corrected chi connectivity index (χ0v) is 17.2. The normalized spacial score (nSPS) is 11.0. The molecule has 0 unspecified atom stereocenters. The summed E-state index contributed by atoms with van der Waals surface area (Å²) in [5.41, 5.74) is 6.31. The molecule has 27 heavy (non-hydrogen) atoms. The van der Waals surface area contributed by atoms with Gasteiger partial charge < -0.3 is 4.74 Å². The number of carbonyl (C=O) groups excluding carboxylic acids is 2. The molecule has 0 aliphatic carbocycles. The highest BCUT2D eigenvalue weighted by atomic mass is 79.9. The molecule has 0 radical (unpaired) electrons. The predicted octanol–water partition coefficient (Wildman–Crippen LogP) is 2.83. The Morgan fingerprint density at radius 1 is 0.778 bits per heavy atom. The molecule has 2 aromatic rings. The Morgan fingerprint density at radius 3 is 1.52 bits per heavy atom. The van der Waals surface area contributed by atoms with Gasteiger partial charge in [-0.3, -0.25) is 9.59 Å². The van der Waals surface area contributed by atoms with Crippen LogP contribution >= 0.6 is 31.9 Å². The topological polar surface area (TPSA) is 92.2 Å². The van der Waals surface area contributed by atoms with Crippen molar-refractivity contribution < 1.29 is 14.3 Å². The monoisotopic (exact) mass is 494 g/mol. The van der Waals surface area contributed by atoms with Gasteiger partial charge in [0.05, 0.1) is 12.4 Å². The molecule has 0 heterocycles. The first-order chi connectivity index (χ1) is 13.0. The summed E-state index contributed by atoms with van der Waals surface area (Å²) >= 11 is 6.67. The Kier molecular flexibility index (Phi) is 8.82. The summed E-state index contributed by atoms with van der Waals surface area (Å²) in [6, 6.07) is 14.8. The fourth-order valence-electron chi connectivity index (χ4n) is 1.76. The van der Waals surface area contributed by atoms with Gasteiger partial charge in [-0.25, -0.2) is 10.9 Å². The number of halogens is 2. The first-order valence-corrected chi connectivity index (χ1v) is 9.34. The van der Waals surface area contributed by atoms with E-state index in [1.54, 1.807) is 0 Å². The van der Waals surface area contributed by atoms with Crippen molar-refractivity contribution in [3.63, 3.8) is 0 Å². The number of amides is 2. The maximum Gasteiger partial charge on any atom is 0.266 e. The molecular formula is C18H16Br2N4O3. The van der Waals surface area contributed by atoms with E-state index in [-0.39, 0.29) is 13.2 Å². The molecule has 2 N–H and O–H groups in total. The van der Waals surface area contributed by atoms with Gasteiger partial charge in [-0.15, -0.1) is 0 Å². The van der Waals surface area contributed by atoms with Gasteiger partial charge in [0, 0.05) is 8.95 Å². The molecule has 0 bridgehead atoms. The van der Waals surface area contributed by atoms with Crippen LogP contribution in [0.3, 0.4) is 0 Å². The van der Waals surface area contributed by atoms with E-state index in [0.29, 0.717) is 0 Å².